The Morgan fingerprint density at radius 2 is 0.759 bits per heavy atom. The van der Waals surface area contributed by atoms with Gasteiger partial charge < -0.3 is 9.13 Å². The monoisotopic (exact) mass is 736 g/mol. The van der Waals surface area contributed by atoms with Crippen molar-refractivity contribution >= 4 is 65.0 Å². The van der Waals surface area contributed by atoms with Crippen molar-refractivity contribution in [3.8, 4) is 44.8 Å². The minimum absolute atomic E-state index is 1.14. The van der Waals surface area contributed by atoms with E-state index in [9.17, 15) is 0 Å². The van der Waals surface area contributed by atoms with Crippen molar-refractivity contribution in [3.63, 3.8) is 0 Å². The van der Waals surface area contributed by atoms with Gasteiger partial charge >= 0.3 is 0 Å². The van der Waals surface area contributed by atoms with Crippen molar-refractivity contribution in [1.82, 2.24) is 9.13 Å². The first kappa shape index (κ1) is 32.6. The highest BCUT2D eigenvalue weighted by atomic mass is 15.0. The third kappa shape index (κ3) is 5.05. The summed E-state index contributed by atoms with van der Waals surface area (Å²) in [6.07, 6.45) is 2.24. The van der Waals surface area contributed by atoms with Crippen LogP contribution in [-0.2, 0) is 0 Å². The fraction of sp³-hybridized carbons (Fsp3) is 0. The summed E-state index contributed by atoms with van der Waals surface area (Å²) in [6.45, 7) is 0. The van der Waals surface area contributed by atoms with Gasteiger partial charge in [-0.15, -0.1) is 0 Å². The van der Waals surface area contributed by atoms with Crippen molar-refractivity contribution in [2.24, 2.45) is 0 Å². The second-order valence-corrected chi connectivity index (χ2v) is 15.3. The normalized spacial score (nSPS) is 11.8. The van der Waals surface area contributed by atoms with Gasteiger partial charge in [0.25, 0.3) is 0 Å². The molecule has 0 fully saturated rings. The van der Waals surface area contributed by atoms with Crippen LogP contribution in [0.2, 0.25) is 0 Å². The highest BCUT2D eigenvalue weighted by molar-refractivity contribution is 6.26. The second kappa shape index (κ2) is 12.9. The second-order valence-electron chi connectivity index (χ2n) is 15.3. The molecular formula is C56H36N2. The van der Waals surface area contributed by atoms with Gasteiger partial charge in [0.1, 0.15) is 0 Å². The summed E-state index contributed by atoms with van der Waals surface area (Å²) >= 11 is 0. The largest absolute Gasteiger partial charge is 0.316 e. The summed E-state index contributed by atoms with van der Waals surface area (Å²) in [6, 6.07) is 77.8. The van der Waals surface area contributed by atoms with Gasteiger partial charge in [-0.05, 0) is 120 Å². The summed E-state index contributed by atoms with van der Waals surface area (Å²) in [5.74, 6) is 0. The molecule has 0 aliphatic carbocycles. The predicted molar refractivity (Wildman–Crippen MR) is 246 cm³/mol. The molecule has 12 rings (SSSR count). The van der Waals surface area contributed by atoms with Crippen molar-refractivity contribution in [2.45, 2.75) is 0 Å². The zero-order valence-corrected chi connectivity index (χ0v) is 31.7. The summed E-state index contributed by atoms with van der Waals surface area (Å²) in [5.41, 5.74) is 13.1. The van der Waals surface area contributed by atoms with Gasteiger partial charge in [0, 0.05) is 33.7 Å². The van der Waals surface area contributed by atoms with Gasteiger partial charge in [0.15, 0.2) is 0 Å². The van der Waals surface area contributed by atoms with Gasteiger partial charge in [-0.3, -0.25) is 0 Å². The summed E-state index contributed by atoms with van der Waals surface area (Å²) in [5, 5.41) is 11.5. The van der Waals surface area contributed by atoms with E-state index in [2.05, 4.69) is 228 Å². The first-order valence-corrected chi connectivity index (χ1v) is 20.0. The van der Waals surface area contributed by atoms with Crippen molar-refractivity contribution in [3.05, 3.63) is 219 Å². The van der Waals surface area contributed by atoms with Gasteiger partial charge in [-0.1, -0.05) is 158 Å². The molecule has 0 atom stereocenters. The molecule has 0 bridgehead atoms. The number of aromatic nitrogens is 2. The van der Waals surface area contributed by atoms with E-state index >= 15 is 0 Å². The Kier molecular flexibility index (Phi) is 7.26. The molecule has 0 N–H and O–H groups in total. The molecule has 2 aromatic heterocycles. The van der Waals surface area contributed by atoms with Crippen LogP contribution in [0, 0.1) is 0 Å². The van der Waals surface area contributed by atoms with Crippen molar-refractivity contribution in [2.75, 3.05) is 0 Å². The van der Waals surface area contributed by atoms with E-state index in [-0.39, 0.29) is 0 Å². The third-order valence-corrected chi connectivity index (χ3v) is 12.1. The average molecular weight is 737 g/mol. The fourth-order valence-corrected chi connectivity index (χ4v) is 9.43. The molecule has 2 heterocycles. The van der Waals surface area contributed by atoms with E-state index in [4.69, 9.17) is 0 Å². The Balaban J connectivity index is 1.05. The molecule has 0 unspecified atom stereocenters. The molecule has 10 aromatic carbocycles. The van der Waals surface area contributed by atoms with Crippen molar-refractivity contribution < 1.29 is 0 Å². The Morgan fingerprint density at radius 3 is 1.43 bits per heavy atom. The summed E-state index contributed by atoms with van der Waals surface area (Å²) in [7, 11) is 0. The first-order chi connectivity index (χ1) is 28.8. The number of para-hydroxylation sites is 1. The van der Waals surface area contributed by atoms with E-state index in [0.717, 1.165) is 11.4 Å². The van der Waals surface area contributed by atoms with Crippen LogP contribution in [0.4, 0.5) is 0 Å². The smallest absolute Gasteiger partial charge is 0.0635 e. The lowest BCUT2D eigenvalue weighted by molar-refractivity contribution is 1.13. The van der Waals surface area contributed by atoms with Gasteiger partial charge in [0.05, 0.1) is 16.6 Å². The zero-order valence-electron chi connectivity index (χ0n) is 31.7. The minimum atomic E-state index is 1.14. The zero-order chi connectivity index (χ0) is 38.2. The number of rotatable bonds is 5. The SMILES string of the molecule is c1ccc(-c2cc(-c3ccccc3)cc(-n3ccc4c3ccc3c5ccccc5n(-c5cccc(-c6ccc7c8ccccc8c8ccccc8c7c6)c5)c34)c2)cc1. The number of fused-ring (bicyclic) bond motifs is 11. The Bertz CT molecular complexity index is 3460. The predicted octanol–water partition coefficient (Wildman–Crippen LogP) is 15.2. The number of benzene rings is 10. The van der Waals surface area contributed by atoms with Gasteiger partial charge in [-0.25, -0.2) is 0 Å². The third-order valence-electron chi connectivity index (χ3n) is 12.1. The molecule has 2 nitrogen and oxygen atoms in total. The first-order valence-electron chi connectivity index (χ1n) is 20.0. The molecule has 0 saturated heterocycles. The highest BCUT2D eigenvalue weighted by Gasteiger charge is 2.18. The van der Waals surface area contributed by atoms with Gasteiger partial charge in [-0.2, -0.15) is 0 Å². The van der Waals surface area contributed by atoms with Crippen LogP contribution in [0.3, 0.4) is 0 Å². The lowest BCUT2D eigenvalue weighted by atomic mass is 9.92. The Labute approximate surface area is 336 Å². The van der Waals surface area contributed by atoms with Crippen LogP contribution in [0.15, 0.2) is 219 Å². The molecule has 270 valence electrons. The number of hydrogen-bond donors (Lipinski definition) is 0. The van der Waals surface area contributed by atoms with Crippen LogP contribution < -0.4 is 0 Å². The molecular weight excluding hydrogens is 701 g/mol. The minimum Gasteiger partial charge on any atom is -0.316 e. The Morgan fingerprint density at radius 1 is 0.241 bits per heavy atom. The molecule has 0 radical (unpaired) electrons. The maximum absolute atomic E-state index is 2.47. The van der Waals surface area contributed by atoms with Crippen molar-refractivity contribution in [1.29, 1.82) is 0 Å². The van der Waals surface area contributed by atoms with Gasteiger partial charge in [0.2, 0.25) is 0 Å². The van der Waals surface area contributed by atoms with Crippen LogP contribution in [0.25, 0.3) is 110 Å². The fourth-order valence-electron chi connectivity index (χ4n) is 9.43. The summed E-state index contributed by atoms with van der Waals surface area (Å²) in [4.78, 5) is 0. The average Bonchev–Trinajstić information content (AvgIpc) is 3.89. The van der Waals surface area contributed by atoms with Crippen LogP contribution in [-0.4, -0.2) is 9.13 Å². The van der Waals surface area contributed by atoms with Crippen LogP contribution in [0.1, 0.15) is 0 Å². The molecule has 0 aliphatic rings. The van der Waals surface area contributed by atoms with E-state index in [1.54, 1.807) is 0 Å². The highest BCUT2D eigenvalue weighted by Crippen LogP contribution is 2.41. The number of hydrogen-bond acceptors (Lipinski definition) is 0. The molecule has 0 amide bonds. The Hall–Kier alpha value is -7.68. The lowest BCUT2D eigenvalue weighted by Crippen LogP contribution is -1.96. The lowest BCUT2D eigenvalue weighted by Gasteiger charge is -2.14. The topological polar surface area (TPSA) is 9.86 Å². The molecule has 2 heteroatoms. The van der Waals surface area contributed by atoms with E-state index in [1.807, 2.05) is 0 Å². The maximum Gasteiger partial charge on any atom is 0.0635 e. The van der Waals surface area contributed by atoms with E-state index in [1.165, 1.54) is 98.4 Å². The summed E-state index contributed by atoms with van der Waals surface area (Å²) < 4.78 is 4.83. The number of nitrogens with zero attached hydrogens (tertiary/aromatic N) is 2. The molecule has 0 aliphatic heterocycles. The molecule has 12 aromatic rings. The van der Waals surface area contributed by atoms with E-state index in [0.29, 0.717) is 0 Å². The maximum atomic E-state index is 2.47. The quantitative estimate of drug-likeness (QED) is 0.156. The molecule has 58 heavy (non-hydrogen) atoms. The van der Waals surface area contributed by atoms with Crippen LogP contribution >= 0.6 is 0 Å². The van der Waals surface area contributed by atoms with E-state index < -0.39 is 0 Å². The standard InChI is InChI=1S/C56H36N2/c1-3-14-37(15-4-1)41-32-42(38-16-5-2-6-17-38)35-44(34-41)57-31-30-52-54(57)29-28-51-50-24-11-12-25-55(50)58(56(51)52)43-19-13-18-39(33-43)40-26-27-49-47-22-8-7-20-45(47)46-21-9-10-23-48(46)53(49)36-40/h1-36H. The van der Waals surface area contributed by atoms with Crippen LogP contribution in [0.5, 0.6) is 0 Å². The molecule has 0 saturated carbocycles. The molecule has 0 spiro atoms.